The highest BCUT2D eigenvalue weighted by Crippen LogP contribution is 2.40. The average molecular weight is 428 g/mol. The summed E-state index contributed by atoms with van der Waals surface area (Å²) in [5, 5.41) is 0. The van der Waals surface area contributed by atoms with Crippen LogP contribution in [0.15, 0.2) is 29.3 Å². The number of aliphatic imine (C=N–C) groups is 1. The predicted molar refractivity (Wildman–Crippen MR) is 103 cm³/mol. The fourth-order valence-corrected chi connectivity index (χ4v) is 2.64. The SMILES string of the molecule is CCN(C)C=Nc1ccc(C(=O)OCc2ccc(C)c(F)c2F)c(C)c1C(F)(F)F. The minimum Gasteiger partial charge on any atom is -0.457 e. The molecule has 0 radical (unpaired) electrons. The number of benzene rings is 2. The number of hydrogen-bond donors (Lipinski definition) is 0. The number of alkyl halides is 3. The van der Waals surface area contributed by atoms with Crippen molar-refractivity contribution in [2.24, 2.45) is 4.99 Å². The third-order valence-corrected chi connectivity index (χ3v) is 4.55. The van der Waals surface area contributed by atoms with Crippen LogP contribution in [0.4, 0.5) is 27.6 Å². The van der Waals surface area contributed by atoms with Crippen LogP contribution in [0.3, 0.4) is 0 Å². The molecule has 2 rings (SSSR count). The molecule has 9 heteroatoms. The maximum absolute atomic E-state index is 13.9. The van der Waals surface area contributed by atoms with Crippen molar-refractivity contribution >= 4 is 18.0 Å². The highest BCUT2D eigenvalue weighted by atomic mass is 19.4. The van der Waals surface area contributed by atoms with Gasteiger partial charge in [0.05, 0.1) is 23.2 Å². The highest BCUT2D eigenvalue weighted by Gasteiger charge is 2.37. The molecule has 0 atom stereocenters. The van der Waals surface area contributed by atoms with Crippen LogP contribution in [0, 0.1) is 25.5 Å². The molecule has 2 aromatic rings. The Morgan fingerprint density at radius 3 is 2.40 bits per heavy atom. The van der Waals surface area contributed by atoms with E-state index in [2.05, 4.69) is 4.99 Å². The fourth-order valence-electron chi connectivity index (χ4n) is 2.64. The van der Waals surface area contributed by atoms with E-state index in [0.29, 0.717) is 6.54 Å². The first kappa shape index (κ1) is 23.3. The minimum atomic E-state index is -4.76. The summed E-state index contributed by atoms with van der Waals surface area (Å²) in [5.74, 6) is -3.32. The first-order chi connectivity index (χ1) is 14.0. The van der Waals surface area contributed by atoms with Crippen molar-refractivity contribution in [3.05, 3.63) is 63.7 Å². The van der Waals surface area contributed by atoms with E-state index in [1.807, 2.05) is 6.92 Å². The number of halogens is 5. The van der Waals surface area contributed by atoms with Gasteiger partial charge in [-0.05, 0) is 44.0 Å². The van der Waals surface area contributed by atoms with Crippen molar-refractivity contribution < 1.29 is 31.5 Å². The molecule has 0 aliphatic heterocycles. The summed E-state index contributed by atoms with van der Waals surface area (Å²) >= 11 is 0. The van der Waals surface area contributed by atoms with E-state index in [-0.39, 0.29) is 27.9 Å². The van der Waals surface area contributed by atoms with Crippen molar-refractivity contribution in [3.8, 4) is 0 Å². The van der Waals surface area contributed by atoms with Crippen LogP contribution in [-0.2, 0) is 17.5 Å². The molecule has 0 saturated heterocycles. The zero-order valence-corrected chi connectivity index (χ0v) is 16.9. The number of hydrogen-bond acceptors (Lipinski definition) is 3. The monoisotopic (exact) mass is 428 g/mol. The van der Waals surface area contributed by atoms with Crippen molar-refractivity contribution in [2.45, 2.75) is 33.6 Å². The van der Waals surface area contributed by atoms with Gasteiger partial charge in [0, 0.05) is 19.2 Å². The first-order valence-corrected chi connectivity index (χ1v) is 9.03. The van der Waals surface area contributed by atoms with Crippen LogP contribution < -0.4 is 0 Å². The number of aryl methyl sites for hydroxylation is 1. The smallest absolute Gasteiger partial charge is 0.418 e. The van der Waals surface area contributed by atoms with Gasteiger partial charge in [0.25, 0.3) is 0 Å². The van der Waals surface area contributed by atoms with Gasteiger partial charge in [0.2, 0.25) is 0 Å². The molecule has 2 aromatic carbocycles. The molecule has 0 aromatic heterocycles. The van der Waals surface area contributed by atoms with E-state index in [1.54, 1.807) is 11.9 Å². The van der Waals surface area contributed by atoms with E-state index >= 15 is 0 Å². The Morgan fingerprint density at radius 1 is 1.13 bits per heavy atom. The van der Waals surface area contributed by atoms with E-state index in [9.17, 15) is 26.7 Å². The topological polar surface area (TPSA) is 41.9 Å². The fraction of sp³-hybridized carbons (Fsp3) is 0.333. The van der Waals surface area contributed by atoms with Gasteiger partial charge in [-0.25, -0.2) is 18.6 Å². The van der Waals surface area contributed by atoms with Crippen molar-refractivity contribution in [1.82, 2.24) is 4.90 Å². The molecule has 4 nitrogen and oxygen atoms in total. The summed E-state index contributed by atoms with van der Waals surface area (Å²) in [6.07, 6.45) is -3.50. The van der Waals surface area contributed by atoms with Gasteiger partial charge < -0.3 is 9.64 Å². The zero-order chi connectivity index (χ0) is 22.6. The molecule has 162 valence electrons. The second-order valence-electron chi connectivity index (χ2n) is 6.69. The average Bonchev–Trinajstić information content (AvgIpc) is 2.68. The Morgan fingerprint density at radius 2 is 1.80 bits per heavy atom. The van der Waals surface area contributed by atoms with E-state index in [4.69, 9.17) is 4.74 Å². The number of rotatable bonds is 6. The minimum absolute atomic E-state index is 0.0816. The number of esters is 1. The lowest BCUT2D eigenvalue weighted by atomic mass is 10.00. The van der Waals surface area contributed by atoms with Crippen molar-refractivity contribution in [1.29, 1.82) is 0 Å². The molecule has 0 heterocycles. The molecular formula is C21H21F5N2O2. The summed E-state index contributed by atoms with van der Waals surface area (Å²) in [6, 6.07) is 4.79. The molecule has 0 bridgehead atoms. The van der Waals surface area contributed by atoms with Gasteiger partial charge in [-0.3, -0.25) is 0 Å². The van der Waals surface area contributed by atoms with Crippen LogP contribution in [0.25, 0.3) is 0 Å². The van der Waals surface area contributed by atoms with Crippen LogP contribution in [0.2, 0.25) is 0 Å². The second kappa shape index (κ2) is 9.23. The molecular weight excluding hydrogens is 407 g/mol. The van der Waals surface area contributed by atoms with Crippen LogP contribution in [-0.4, -0.2) is 30.8 Å². The Bertz CT molecular complexity index is 971. The third-order valence-electron chi connectivity index (χ3n) is 4.55. The summed E-state index contributed by atoms with van der Waals surface area (Å²) < 4.78 is 73.3. The Labute approximate surface area is 171 Å². The molecule has 0 aliphatic carbocycles. The molecule has 0 fully saturated rings. The first-order valence-electron chi connectivity index (χ1n) is 9.03. The summed E-state index contributed by atoms with van der Waals surface area (Å²) in [7, 11) is 1.66. The van der Waals surface area contributed by atoms with Crippen LogP contribution in [0.1, 0.15) is 39.5 Å². The summed E-state index contributed by atoms with van der Waals surface area (Å²) in [5.41, 5.74) is -2.24. The highest BCUT2D eigenvalue weighted by molar-refractivity contribution is 5.92. The molecule has 0 aliphatic rings. The van der Waals surface area contributed by atoms with Gasteiger partial charge >= 0.3 is 12.1 Å². The molecule has 0 unspecified atom stereocenters. The van der Waals surface area contributed by atoms with Crippen molar-refractivity contribution in [3.63, 3.8) is 0 Å². The Hall–Kier alpha value is -2.97. The van der Waals surface area contributed by atoms with Crippen molar-refractivity contribution in [2.75, 3.05) is 13.6 Å². The lowest BCUT2D eigenvalue weighted by molar-refractivity contribution is -0.137. The molecule has 0 saturated carbocycles. The number of carbonyl (C=O) groups excluding carboxylic acids is 1. The second-order valence-corrected chi connectivity index (χ2v) is 6.69. The van der Waals surface area contributed by atoms with Gasteiger partial charge in [-0.1, -0.05) is 12.1 Å². The van der Waals surface area contributed by atoms with Gasteiger partial charge in [-0.15, -0.1) is 0 Å². The Balaban J connectivity index is 2.34. The quantitative estimate of drug-likeness (QED) is 0.262. The van der Waals surface area contributed by atoms with Gasteiger partial charge in [-0.2, -0.15) is 13.2 Å². The molecule has 0 amide bonds. The maximum Gasteiger partial charge on any atom is 0.418 e. The van der Waals surface area contributed by atoms with Gasteiger partial charge in [0.15, 0.2) is 11.6 Å². The molecule has 0 spiro atoms. The molecule has 0 N–H and O–H groups in total. The third kappa shape index (κ3) is 5.14. The summed E-state index contributed by atoms with van der Waals surface area (Å²) in [6.45, 7) is 4.24. The maximum atomic E-state index is 13.9. The number of nitrogens with zero attached hydrogens (tertiary/aromatic N) is 2. The van der Waals surface area contributed by atoms with E-state index < -0.39 is 36.0 Å². The predicted octanol–water partition coefficient (Wildman–Crippen LogP) is 5.57. The Kier molecular flexibility index (Phi) is 7.17. The largest absolute Gasteiger partial charge is 0.457 e. The van der Waals surface area contributed by atoms with E-state index in [1.165, 1.54) is 25.4 Å². The zero-order valence-electron chi connectivity index (χ0n) is 16.9. The molecule has 30 heavy (non-hydrogen) atoms. The lowest BCUT2D eigenvalue weighted by Gasteiger charge is -2.17. The van der Waals surface area contributed by atoms with Crippen LogP contribution >= 0.6 is 0 Å². The van der Waals surface area contributed by atoms with E-state index in [0.717, 1.165) is 19.1 Å². The lowest BCUT2D eigenvalue weighted by Crippen LogP contribution is -2.16. The van der Waals surface area contributed by atoms with Crippen LogP contribution in [0.5, 0.6) is 0 Å². The summed E-state index contributed by atoms with van der Waals surface area (Å²) in [4.78, 5) is 17.8. The number of carbonyl (C=O) groups is 1. The standard InChI is InChI=1S/C21H21F5N2O2/c1-5-28(4)11-27-16-9-8-15(13(3)17(16)21(24,25)26)20(29)30-10-14-7-6-12(2)18(22)19(14)23/h6-9,11H,5,10H2,1-4H3. The normalized spacial score (nSPS) is 11.8. The van der Waals surface area contributed by atoms with Gasteiger partial charge in [0.1, 0.15) is 6.61 Å². The number of ether oxygens (including phenoxy) is 1.